The molecular weight excluding hydrogens is 382 g/mol. The first-order valence-electron chi connectivity index (χ1n) is 9.70. The van der Waals surface area contributed by atoms with Crippen LogP contribution in [0.2, 0.25) is 0 Å². The molecule has 1 aliphatic rings. The van der Waals surface area contributed by atoms with Gasteiger partial charge < -0.3 is 15.4 Å². The van der Waals surface area contributed by atoms with E-state index in [9.17, 15) is 14.9 Å². The van der Waals surface area contributed by atoms with E-state index in [-0.39, 0.29) is 23.2 Å². The van der Waals surface area contributed by atoms with Crippen LogP contribution in [0.1, 0.15) is 33.9 Å². The van der Waals surface area contributed by atoms with Crippen molar-refractivity contribution in [3.05, 3.63) is 99.6 Å². The molecule has 3 aromatic carbocycles. The molecule has 0 fully saturated rings. The highest BCUT2D eigenvalue weighted by atomic mass is 16.6. The standard InChI is InChI=1S/C23H21N3O4/c27-23(25-21-12-13-30-22-9-5-4-8-18(21)22)19-14-17(26(28)29)10-11-20(19)24-15-16-6-2-1-3-7-16/h1-11,14,21,24H,12-13,15H2,(H,25,27)/t21-/m0/s1. The molecule has 0 aliphatic carbocycles. The number of fused-ring (bicyclic) bond motifs is 1. The summed E-state index contributed by atoms with van der Waals surface area (Å²) in [6.07, 6.45) is 0.629. The number of ether oxygens (including phenoxy) is 1. The maximum absolute atomic E-state index is 13.1. The van der Waals surface area contributed by atoms with Crippen molar-refractivity contribution in [1.29, 1.82) is 0 Å². The fourth-order valence-corrected chi connectivity index (χ4v) is 3.51. The quantitative estimate of drug-likeness (QED) is 0.468. The molecule has 4 rings (SSSR count). The number of nitrogens with one attached hydrogen (secondary N) is 2. The van der Waals surface area contributed by atoms with E-state index in [1.165, 1.54) is 12.1 Å². The molecule has 0 saturated heterocycles. The molecule has 0 spiro atoms. The number of hydrogen-bond acceptors (Lipinski definition) is 5. The number of rotatable bonds is 6. The molecule has 1 aliphatic heterocycles. The van der Waals surface area contributed by atoms with Crippen molar-refractivity contribution in [2.24, 2.45) is 0 Å². The SMILES string of the molecule is O=C(N[C@H]1CCOc2ccccc21)c1cc([N+](=O)[O-])ccc1NCc1ccccc1. The molecule has 1 atom stereocenters. The second-order valence-corrected chi connectivity index (χ2v) is 7.03. The maximum atomic E-state index is 13.1. The number of hydrogen-bond donors (Lipinski definition) is 2. The number of anilines is 1. The lowest BCUT2D eigenvalue weighted by Crippen LogP contribution is -2.32. The molecule has 0 unspecified atom stereocenters. The number of amides is 1. The molecule has 0 radical (unpaired) electrons. The number of benzene rings is 3. The summed E-state index contributed by atoms with van der Waals surface area (Å²) in [6.45, 7) is 0.995. The molecular formula is C23H21N3O4. The summed E-state index contributed by atoms with van der Waals surface area (Å²) in [7, 11) is 0. The lowest BCUT2D eigenvalue weighted by atomic mass is 10.00. The Bertz CT molecular complexity index is 1070. The molecule has 1 amide bonds. The second-order valence-electron chi connectivity index (χ2n) is 7.03. The molecule has 1 heterocycles. The number of carbonyl (C=O) groups excluding carboxylic acids is 1. The van der Waals surface area contributed by atoms with Gasteiger partial charge in [0.1, 0.15) is 5.75 Å². The van der Waals surface area contributed by atoms with Gasteiger partial charge in [-0.1, -0.05) is 48.5 Å². The molecule has 30 heavy (non-hydrogen) atoms. The van der Waals surface area contributed by atoms with E-state index in [0.29, 0.717) is 25.3 Å². The highest BCUT2D eigenvalue weighted by Gasteiger charge is 2.25. The Labute approximate surface area is 173 Å². The van der Waals surface area contributed by atoms with Crippen molar-refractivity contribution in [3.8, 4) is 5.75 Å². The summed E-state index contributed by atoms with van der Waals surface area (Å²) in [4.78, 5) is 23.9. The second kappa shape index (κ2) is 8.65. The van der Waals surface area contributed by atoms with E-state index in [1.54, 1.807) is 6.07 Å². The summed E-state index contributed by atoms with van der Waals surface area (Å²) in [5.41, 5.74) is 2.60. The van der Waals surface area contributed by atoms with Crippen molar-refractivity contribution < 1.29 is 14.5 Å². The van der Waals surface area contributed by atoms with Gasteiger partial charge in [0.05, 0.1) is 23.1 Å². The van der Waals surface area contributed by atoms with Crippen LogP contribution >= 0.6 is 0 Å². The first-order valence-corrected chi connectivity index (χ1v) is 9.70. The number of carbonyl (C=O) groups is 1. The number of nitrogens with zero attached hydrogens (tertiary/aromatic N) is 1. The minimum absolute atomic E-state index is 0.127. The van der Waals surface area contributed by atoms with E-state index < -0.39 is 4.92 Å². The van der Waals surface area contributed by atoms with Gasteiger partial charge in [-0.3, -0.25) is 14.9 Å². The highest BCUT2D eigenvalue weighted by Crippen LogP contribution is 2.32. The minimum atomic E-state index is -0.499. The first kappa shape index (κ1) is 19.4. The van der Waals surface area contributed by atoms with Gasteiger partial charge in [-0.15, -0.1) is 0 Å². The van der Waals surface area contributed by atoms with Crippen LogP contribution in [0.25, 0.3) is 0 Å². The van der Waals surface area contributed by atoms with Crippen molar-refractivity contribution >= 4 is 17.3 Å². The Kier molecular flexibility index (Phi) is 5.61. The third-order valence-electron chi connectivity index (χ3n) is 5.05. The van der Waals surface area contributed by atoms with Crippen LogP contribution < -0.4 is 15.4 Å². The molecule has 0 bridgehead atoms. The van der Waals surface area contributed by atoms with Crippen LogP contribution in [0.3, 0.4) is 0 Å². The number of nitro groups is 1. The Morgan fingerprint density at radius 3 is 2.63 bits per heavy atom. The van der Waals surface area contributed by atoms with Gasteiger partial charge in [-0.05, 0) is 17.7 Å². The summed E-state index contributed by atoms with van der Waals surface area (Å²) in [5.74, 6) is 0.381. The van der Waals surface area contributed by atoms with Gasteiger partial charge in [0.2, 0.25) is 0 Å². The summed E-state index contributed by atoms with van der Waals surface area (Å²) >= 11 is 0. The predicted molar refractivity (Wildman–Crippen MR) is 114 cm³/mol. The molecule has 0 aromatic heterocycles. The normalized spacial score (nSPS) is 14.9. The third-order valence-corrected chi connectivity index (χ3v) is 5.05. The average Bonchev–Trinajstić information content (AvgIpc) is 2.78. The van der Waals surface area contributed by atoms with E-state index in [2.05, 4.69) is 10.6 Å². The zero-order valence-corrected chi connectivity index (χ0v) is 16.2. The Hall–Kier alpha value is -3.87. The molecule has 152 valence electrons. The number of non-ortho nitro benzene ring substituents is 1. The van der Waals surface area contributed by atoms with E-state index in [1.807, 2.05) is 54.6 Å². The zero-order valence-electron chi connectivity index (χ0n) is 16.2. The monoisotopic (exact) mass is 403 g/mol. The van der Waals surface area contributed by atoms with Crippen molar-refractivity contribution in [2.75, 3.05) is 11.9 Å². The van der Waals surface area contributed by atoms with Gasteiger partial charge >= 0.3 is 0 Å². The predicted octanol–water partition coefficient (Wildman–Crippen LogP) is 4.46. The smallest absolute Gasteiger partial charge is 0.270 e. The van der Waals surface area contributed by atoms with Crippen LogP contribution in [0.5, 0.6) is 5.75 Å². The summed E-state index contributed by atoms with van der Waals surface area (Å²) < 4.78 is 5.65. The maximum Gasteiger partial charge on any atom is 0.270 e. The topological polar surface area (TPSA) is 93.5 Å². The fraction of sp³-hybridized carbons (Fsp3) is 0.174. The molecule has 0 saturated carbocycles. The largest absolute Gasteiger partial charge is 0.493 e. The Balaban J connectivity index is 1.59. The first-order chi connectivity index (χ1) is 14.6. The van der Waals surface area contributed by atoms with Crippen LogP contribution in [-0.2, 0) is 6.54 Å². The van der Waals surface area contributed by atoms with Crippen LogP contribution in [0.15, 0.2) is 72.8 Å². The van der Waals surface area contributed by atoms with Gasteiger partial charge in [-0.2, -0.15) is 0 Å². The summed E-state index contributed by atoms with van der Waals surface area (Å²) in [6, 6.07) is 21.4. The van der Waals surface area contributed by atoms with Crippen LogP contribution in [-0.4, -0.2) is 17.4 Å². The molecule has 7 heteroatoms. The van der Waals surface area contributed by atoms with Crippen molar-refractivity contribution in [2.45, 2.75) is 19.0 Å². The number of para-hydroxylation sites is 1. The van der Waals surface area contributed by atoms with Gasteiger partial charge in [0.15, 0.2) is 0 Å². The molecule has 7 nitrogen and oxygen atoms in total. The van der Waals surface area contributed by atoms with Crippen molar-refractivity contribution in [1.82, 2.24) is 5.32 Å². The zero-order chi connectivity index (χ0) is 20.9. The molecule has 3 aromatic rings. The minimum Gasteiger partial charge on any atom is -0.493 e. The van der Waals surface area contributed by atoms with Crippen LogP contribution in [0, 0.1) is 10.1 Å². The molecule has 2 N–H and O–H groups in total. The van der Waals surface area contributed by atoms with Crippen LogP contribution in [0.4, 0.5) is 11.4 Å². The lowest BCUT2D eigenvalue weighted by molar-refractivity contribution is -0.384. The number of nitro benzene ring substituents is 1. The van der Waals surface area contributed by atoms with Gasteiger partial charge in [-0.25, -0.2) is 0 Å². The average molecular weight is 403 g/mol. The Morgan fingerprint density at radius 1 is 1.07 bits per heavy atom. The van der Waals surface area contributed by atoms with E-state index in [4.69, 9.17) is 4.74 Å². The third kappa shape index (κ3) is 4.25. The lowest BCUT2D eigenvalue weighted by Gasteiger charge is -2.27. The van der Waals surface area contributed by atoms with E-state index >= 15 is 0 Å². The van der Waals surface area contributed by atoms with Crippen molar-refractivity contribution in [3.63, 3.8) is 0 Å². The van der Waals surface area contributed by atoms with Gasteiger partial charge in [0.25, 0.3) is 11.6 Å². The highest BCUT2D eigenvalue weighted by molar-refractivity contribution is 6.00. The van der Waals surface area contributed by atoms with Gasteiger partial charge in [0, 0.05) is 36.3 Å². The fourth-order valence-electron chi connectivity index (χ4n) is 3.51. The van der Waals surface area contributed by atoms with E-state index in [0.717, 1.165) is 16.9 Å². The Morgan fingerprint density at radius 2 is 1.83 bits per heavy atom. The summed E-state index contributed by atoms with van der Waals surface area (Å²) in [5, 5.41) is 17.5.